The Bertz CT molecular complexity index is 1630. The first-order chi connectivity index (χ1) is 16.9. The maximum absolute atomic E-state index is 12.5. The fourth-order valence-corrected chi connectivity index (χ4v) is 4.67. The van der Waals surface area contributed by atoms with Gasteiger partial charge in [-0.15, -0.1) is 0 Å². The Hall–Kier alpha value is -3.51. The molecule has 0 aliphatic heterocycles. The lowest BCUT2D eigenvalue weighted by Crippen LogP contribution is -2.07. The quantitative estimate of drug-likeness (QED) is 0.235. The molecule has 4 aromatic carbocycles. The summed E-state index contributed by atoms with van der Waals surface area (Å²) in [6.45, 7) is 0. The molecule has 0 aliphatic rings. The lowest BCUT2D eigenvalue weighted by Gasteiger charge is -2.08. The van der Waals surface area contributed by atoms with Crippen molar-refractivity contribution >= 4 is 74.3 Å². The Morgan fingerprint density at radius 2 is 1.77 bits per heavy atom. The SMILES string of the molecule is COc1c(Cl)cc(Cl)cc1/C=C/C(=O)Nc1ccc2oc(-c3cccc4c(Cl)cccc34)nc2c1. The highest BCUT2D eigenvalue weighted by Gasteiger charge is 2.13. The highest BCUT2D eigenvalue weighted by molar-refractivity contribution is 6.36. The van der Waals surface area contributed by atoms with Gasteiger partial charge in [0.1, 0.15) is 11.3 Å². The molecule has 5 rings (SSSR count). The average molecular weight is 524 g/mol. The number of nitrogens with one attached hydrogen (secondary N) is 1. The van der Waals surface area contributed by atoms with Gasteiger partial charge in [0.05, 0.1) is 12.1 Å². The van der Waals surface area contributed by atoms with Crippen molar-refractivity contribution in [1.82, 2.24) is 4.98 Å². The largest absolute Gasteiger partial charge is 0.495 e. The number of hydrogen-bond acceptors (Lipinski definition) is 4. The van der Waals surface area contributed by atoms with Gasteiger partial charge in [-0.05, 0) is 53.9 Å². The van der Waals surface area contributed by atoms with Crippen LogP contribution in [0, 0.1) is 0 Å². The number of aromatic nitrogens is 1. The summed E-state index contributed by atoms with van der Waals surface area (Å²) in [5.41, 5.74) is 3.22. The zero-order valence-electron chi connectivity index (χ0n) is 18.3. The highest BCUT2D eigenvalue weighted by Crippen LogP contribution is 2.35. The van der Waals surface area contributed by atoms with Crippen molar-refractivity contribution in [3.63, 3.8) is 0 Å². The van der Waals surface area contributed by atoms with Gasteiger partial charge in [0.2, 0.25) is 11.8 Å². The monoisotopic (exact) mass is 522 g/mol. The van der Waals surface area contributed by atoms with Crippen LogP contribution in [0.15, 0.2) is 77.2 Å². The topological polar surface area (TPSA) is 64.4 Å². The molecule has 0 fully saturated rings. The van der Waals surface area contributed by atoms with Gasteiger partial charge in [-0.25, -0.2) is 4.98 Å². The molecule has 0 bridgehead atoms. The summed E-state index contributed by atoms with van der Waals surface area (Å²) in [5.74, 6) is 0.572. The second kappa shape index (κ2) is 9.62. The van der Waals surface area contributed by atoms with Crippen molar-refractivity contribution < 1.29 is 13.9 Å². The average Bonchev–Trinajstić information content (AvgIpc) is 3.26. The lowest BCUT2D eigenvalue weighted by atomic mass is 10.0. The minimum absolute atomic E-state index is 0.338. The summed E-state index contributed by atoms with van der Waals surface area (Å²) >= 11 is 18.6. The number of hydrogen-bond donors (Lipinski definition) is 1. The van der Waals surface area contributed by atoms with Crippen LogP contribution in [0.25, 0.3) is 39.4 Å². The molecule has 1 heterocycles. The van der Waals surface area contributed by atoms with Gasteiger partial charge in [0, 0.05) is 38.3 Å². The molecule has 5 nitrogen and oxygen atoms in total. The summed E-state index contributed by atoms with van der Waals surface area (Å²) < 4.78 is 11.3. The van der Waals surface area contributed by atoms with Crippen molar-refractivity contribution in [2.45, 2.75) is 0 Å². The zero-order valence-corrected chi connectivity index (χ0v) is 20.6. The van der Waals surface area contributed by atoms with Gasteiger partial charge in [0.15, 0.2) is 5.58 Å². The second-order valence-corrected chi connectivity index (χ2v) is 8.93. The Morgan fingerprint density at radius 1 is 0.971 bits per heavy atom. The first kappa shape index (κ1) is 23.2. The molecule has 1 aromatic heterocycles. The number of fused-ring (bicyclic) bond motifs is 2. The van der Waals surface area contributed by atoms with Crippen LogP contribution >= 0.6 is 34.8 Å². The van der Waals surface area contributed by atoms with E-state index in [-0.39, 0.29) is 5.91 Å². The summed E-state index contributed by atoms with van der Waals surface area (Å²) in [6.07, 6.45) is 2.97. The number of carbonyl (C=O) groups excluding carboxylic acids is 1. The number of anilines is 1. The number of oxazole rings is 1. The standard InChI is InChI=1S/C27H17Cl3N2O3/c1-34-26-15(12-16(28)13-22(26)30)8-11-25(33)31-17-9-10-24-23(14-17)32-27(35-24)20-6-2-5-19-18(20)4-3-7-21(19)29/h2-14H,1H3,(H,31,33)/b11-8+. The van der Waals surface area contributed by atoms with E-state index in [2.05, 4.69) is 10.3 Å². The molecule has 0 saturated carbocycles. The third-order valence-corrected chi connectivity index (χ3v) is 6.24. The Kier molecular flexibility index (Phi) is 6.39. The van der Waals surface area contributed by atoms with Crippen molar-refractivity contribution in [3.8, 4) is 17.2 Å². The first-order valence-electron chi connectivity index (χ1n) is 10.5. The van der Waals surface area contributed by atoms with E-state index in [1.807, 2.05) is 36.4 Å². The highest BCUT2D eigenvalue weighted by atomic mass is 35.5. The van der Waals surface area contributed by atoms with Gasteiger partial charge < -0.3 is 14.5 Å². The van der Waals surface area contributed by atoms with E-state index >= 15 is 0 Å². The molecule has 0 unspecified atom stereocenters. The van der Waals surface area contributed by atoms with Crippen LogP contribution in [0.4, 0.5) is 5.69 Å². The predicted octanol–water partition coefficient (Wildman–Crippen LogP) is 8.27. The van der Waals surface area contributed by atoms with E-state index in [0.717, 1.165) is 16.3 Å². The Labute approximate surface area is 215 Å². The number of ether oxygens (including phenoxy) is 1. The Morgan fingerprint density at radius 3 is 2.60 bits per heavy atom. The first-order valence-corrected chi connectivity index (χ1v) is 11.7. The Balaban J connectivity index is 1.40. The molecular formula is C27H17Cl3N2O3. The number of rotatable bonds is 5. The molecular weight excluding hydrogens is 507 g/mol. The number of halogens is 3. The summed E-state index contributed by atoms with van der Waals surface area (Å²) in [4.78, 5) is 17.2. The predicted molar refractivity (Wildman–Crippen MR) is 143 cm³/mol. The summed E-state index contributed by atoms with van der Waals surface area (Å²) in [7, 11) is 1.50. The van der Waals surface area contributed by atoms with E-state index < -0.39 is 0 Å². The van der Waals surface area contributed by atoms with Gasteiger partial charge in [-0.2, -0.15) is 0 Å². The van der Waals surface area contributed by atoms with Crippen LogP contribution in [0.5, 0.6) is 5.75 Å². The maximum atomic E-state index is 12.5. The smallest absolute Gasteiger partial charge is 0.248 e. The van der Waals surface area contributed by atoms with E-state index in [1.165, 1.54) is 13.2 Å². The van der Waals surface area contributed by atoms with Gasteiger partial charge in [0.25, 0.3) is 0 Å². The number of benzene rings is 4. The fraction of sp³-hybridized carbons (Fsp3) is 0.0370. The lowest BCUT2D eigenvalue weighted by molar-refractivity contribution is -0.111. The number of methoxy groups -OCH3 is 1. The van der Waals surface area contributed by atoms with Gasteiger partial charge in [-0.1, -0.05) is 59.1 Å². The third-order valence-electron chi connectivity index (χ3n) is 5.41. The molecule has 1 N–H and O–H groups in total. The molecule has 0 aliphatic carbocycles. The molecule has 0 spiro atoms. The van der Waals surface area contributed by atoms with E-state index in [9.17, 15) is 4.79 Å². The minimum Gasteiger partial charge on any atom is -0.495 e. The van der Waals surface area contributed by atoms with Crippen LogP contribution in [0.3, 0.4) is 0 Å². The van der Waals surface area contributed by atoms with Crippen LogP contribution in [0.1, 0.15) is 5.56 Å². The second-order valence-electron chi connectivity index (χ2n) is 7.67. The number of amides is 1. The molecule has 35 heavy (non-hydrogen) atoms. The van der Waals surface area contributed by atoms with Crippen molar-refractivity contribution in [3.05, 3.63) is 93.4 Å². The molecule has 5 aromatic rings. The van der Waals surface area contributed by atoms with Crippen molar-refractivity contribution in [1.29, 1.82) is 0 Å². The minimum atomic E-state index is -0.338. The van der Waals surface area contributed by atoms with Crippen LogP contribution in [0.2, 0.25) is 15.1 Å². The van der Waals surface area contributed by atoms with Gasteiger partial charge in [-0.3, -0.25) is 4.79 Å². The van der Waals surface area contributed by atoms with Crippen LogP contribution in [-0.4, -0.2) is 18.0 Å². The molecule has 0 saturated heterocycles. The molecule has 8 heteroatoms. The number of nitrogens with zero attached hydrogens (tertiary/aromatic N) is 1. The number of carbonyl (C=O) groups is 1. The molecule has 0 radical (unpaired) electrons. The van der Waals surface area contributed by atoms with Gasteiger partial charge >= 0.3 is 0 Å². The normalized spacial score (nSPS) is 11.4. The van der Waals surface area contributed by atoms with E-state index in [1.54, 1.807) is 36.4 Å². The third kappa shape index (κ3) is 4.71. The zero-order chi connectivity index (χ0) is 24.5. The van der Waals surface area contributed by atoms with Crippen molar-refractivity contribution in [2.75, 3.05) is 12.4 Å². The fourth-order valence-electron chi connectivity index (χ4n) is 3.85. The maximum Gasteiger partial charge on any atom is 0.248 e. The molecule has 1 amide bonds. The molecule has 0 atom stereocenters. The molecule has 174 valence electrons. The summed E-state index contributed by atoms with van der Waals surface area (Å²) in [5, 5.41) is 6.16. The van der Waals surface area contributed by atoms with E-state index in [4.69, 9.17) is 44.0 Å². The summed E-state index contributed by atoms with van der Waals surface area (Å²) in [6, 6.07) is 20.0. The van der Waals surface area contributed by atoms with Crippen molar-refractivity contribution in [2.24, 2.45) is 0 Å². The van der Waals surface area contributed by atoms with E-state index in [0.29, 0.717) is 49.1 Å². The van der Waals surface area contributed by atoms with Crippen LogP contribution < -0.4 is 10.1 Å². The van der Waals surface area contributed by atoms with Crippen LogP contribution in [-0.2, 0) is 4.79 Å².